The normalized spacial score (nSPS) is 20.3. The fourth-order valence-corrected chi connectivity index (χ4v) is 3.89. The predicted octanol–water partition coefficient (Wildman–Crippen LogP) is 4.52. The monoisotopic (exact) mass is 339 g/mol. The molecule has 0 spiro atoms. The third-order valence-corrected chi connectivity index (χ3v) is 5.37. The topological polar surface area (TPSA) is 29.1 Å². The summed E-state index contributed by atoms with van der Waals surface area (Å²) in [5.41, 5.74) is 1.09. The highest BCUT2D eigenvalue weighted by Gasteiger charge is 2.44. The quantitative estimate of drug-likeness (QED) is 0.852. The number of thiophene rings is 1. The lowest BCUT2D eigenvalue weighted by molar-refractivity contribution is -0.122. The van der Waals surface area contributed by atoms with Crippen LogP contribution >= 0.6 is 34.5 Å². The van der Waals surface area contributed by atoms with E-state index in [0.29, 0.717) is 6.54 Å². The van der Waals surface area contributed by atoms with E-state index in [4.69, 9.17) is 23.2 Å². The molecular weight excluding hydrogens is 325 g/mol. The molecule has 110 valence electrons. The number of carbonyl (C=O) groups is 1. The largest absolute Gasteiger partial charge is 0.355 e. The summed E-state index contributed by atoms with van der Waals surface area (Å²) < 4.78 is 0.789. The van der Waals surface area contributed by atoms with Crippen molar-refractivity contribution in [3.63, 3.8) is 0 Å². The maximum Gasteiger partial charge on any atom is 0.223 e. The summed E-state index contributed by atoms with van der Waals surface area (Å²) in [6, 6.07) is 11.7. The molecule has 1 saturated carbocycles. The van der Waals surface area contributed by atoms with Crippen molar-refractivity contribution in [2.75, 3.05) is 6.54 Å². The van der Waals surface area contributed by atoms with Crippen molar-refractivity contribution in [1.29, 1.82) is 0 Å². The van der Waals surface area contributed by atoms with Crippen LogP contribution in [0.3, 0.4) is 0 Å². The van der Waals surface area contributed by atoms with Gasteiger partial charge in [0.2, 0.25) is 5.91 Å². The number of hydrogen-bond acceptors (Lipinski definition) is 2. The van der Waals surface area contributed by atoms with E-state index in [1.165, 1.54) is 4.88 Å². The van der Waals surface area contributed by atoms with Gasteiger partial charge in [-0.05, 0) is 42.5 Å². The molecule has 5 heteroatoms. The Labute approximate surface area is 138 Å². The lowest BCUT2D eigenvalue weighted by Gasteiger charge is -2.05. The average Bonchev–Trinajstić information content (AvgIpc) is 3.16. The van der Waals surface area contributed by atoms with Gasteiger partial charge in [0, 0.05) is 22.4 Å². The Morgan fingerprint density at radius 1 is 1.24 bits per heavy atom. The second-order valence-electron chi connectivity index (χ2n) is 5.22. The lowest BCUT2D eigenvalue weighted by atomic mass is 10.1. The Bertz CT molecular complexity index is 655. The van der Waals surface area contributed by atoms with Crippen molar-refractivity contribution < 1.29 is 4.79 Å². The molecule has 1 aliphatic carbocycles. The molecule has 0 saturated heterocycles. The molecule has 2 aromatic rings. The number of amides is 1. The second kappa shape index (κ2) is 6.39. The van der Waals surface area contributed by atoms with Gasteiger partial charge in [-0.1, -0.05) is 41.4 Å². The van der Waals surface area contributed by atoms with Gasteiger partial charge in [-0.25, -0.2) is 0 Å². The standard InChI is InChI=1S/C16H15Cl2NOS/c17-14-4-2-1-3-11(14)12-9-13(12)16(20)19-8-7-10-5-6-15(18)21-10/h1-6,12-13H,7-9H2,(H,19,20). The van der Waals surface area contributed by atoms with Crippen LogP contribution in [0.2, 0.25) is 9.36 Å². The Kier molecular flexibility index (Phi) is 4.53. The molecule has 1 aromatic heterocycles. The Hall–Kier alpha value is -1.03. The molecule has 1 N–H and O–H groups in total. The predicted molar refractivity (Wildman–Crippen MR) is 88.3 cm³/mol. The van der Waals surface area contributed by atoms with Crippen LogP contribution in [-0.4, -0.2) is 12.5 Å². The molecule has 1 aliphatic rings. The molecular formula is C16H15Cl2NOS. The van der Waals surface area contributed by atoms with E-state index in [1.807, 2.05) is 36.4 Å². The molecule has 3 rings (SSSR count). The molecule has 2 atom stereocenters. The van der Waals surface area contributed by atoms with Crippen LogP contribution in [0.5, 0.6) is 0 Å². The van der Waals surface area contributed by atoms with Gasteiger partial charge >= 0.3 is 0 Å². The molecule has 0 bridgehead atoms. The third-order valence-electron chi connectivity index (χ3n) is 3.73. The van der Waals surface area contributed by atoms with Crippen LogP contribution in [0.4, 0.5) is 0 Å². The molecule has 0 aliphatic heterocycles. The first-order valence-corrected chi connectivity index (χ1v) is 8.49. The Morgan fingerprint density at radius 3 is 2.76 bits per heavy atom. The van der Waals surface area contributed by atoms with Crippen molar-refractivity contribution >= 4 is 40.4 Å². The number of nitrogens with one attached hydrogen (secondary N) is 1. The summed E-state index contributed by atoms with van der Waals surface area (Å²) in [6.07, 6.45) is 1.72. The van der Waals surface area contributed by atoms with Gasteiger partial charge < -0.3 is 5.32 Å². The van der Waals surface area contributed by atoms with Crippen molar-refractivity contribution in [3.8, 4) is 0 Å². The smallest absolute Gasteiger partial charge is 0.223 e. The average molecular weight is 340 g/mol. The number of hydrogen-bond donors (Lipinski definition) is 1. The van der Waals surface area contributed by atoms with Gasteiger partial charge in [0.05, 0.1) is 4.34 Å². The molecule has 2 nitrogen and oxygen atoms in total. The van der Waals surface area contributed by atoms with Crippen LogP contribution in [0.1, 0.15) is 22.8 Å². The van der Waals surface area contributed by atoms with Crippen molar-refractivity contribution in [2.45, 2.75) is 18.8 Å². The van der Waals surface area contributed by atoms with Crippen LogP contribution in [-0.2, 0) is 11.2 Å². The Morgan fingerprint density at radius 2 is 2.05 bits per heavy atom. The summed E-state index contributed by atoms with van der Waals surface area (Å²) in [7, 11) is 0. The first-order chi connectivity index (χ1) is 10.1. The SMILES string of the molecule is O=C(NCCc1ccc(Cl)s1)C1CC1c1ccccc1Cl. The van der Waals surface area contributed by atoms with Crippen LogP contribution in [0.25, 0.3) is 0 Å². The minimum absolute atomic E-state index is 0.0665. The van der Waals surface area contributed by atoms with Crippen molar-refractivity contribution in [2.24, 2.45) is 5.92 Å². The van der Waals surface area contributed by atoms with Gasteiger partial charge in [0.15, 0.2) is 0 Å². The fraction of sp³-hybridized carbons (Fsp3) is 0.312. The fourth-order valence-electron chi connectivity index (χ4n) is 2.53. The number of rotatable bonds is 5. The summed E-state index contributed by atoms with van der Waals surface area (Å²) >= 11 is 13.6. The van der Waals surface area contributed by atoms with Crippen LogP contribution in [0.15, 0.2) is 36.4 Å². The summed E-state index contributed by atoms with van der Waals surface area (Å²) in [6.45, 7) is 0.654. The highest BCUT2D eigenvalue weighted by atomic mass is 35.5. The number of carbonyl (C=O) groups excluding carboxylic acids is 1. The Balaban J connectivity index is 1.48. The maximum atomic E-state index is 12.1. The molecule has 1 fully saturated rings. The first kappa shape index (κ1) is 14.9. The molecule has 1 amide bonds. The van der Waals surface area contributed by atoms with Crippen LogP contribution < -0.4 is 5.32 Å². The number of benzene rings is 1. The zero-order valence-electron chi connectivity index (χ0n) is 11.3. The van der Waals surface area contributed by atoms with Gasteiger partial charge in [-0.3, -0.25) is 4.79 Å². The van der Waals surface area contributed by atoms with Crippen molar-refractivity contribution in [1.82, 2.24) is 5.32 Å². The van der Waals surface area contributed by atoms with Gasteiger partial charge in [0.25, 0.3) is 0 Å². The van der Waals surface area contributed by atoms with Gasteiger partial charge in [-0.15, -0.1) is 11.3 Å². The highest BCUT2D eigenvalue weighted by molar-refractivity contribution is 7.16. The van der Waals surface area contributed by atoms with Crippen LogP contribution in [0, 0.1) is 5.92 Å². The minimum Gasteiger partial charge on any atom is -0.355 e. The molecule has 1 aromatic carbocycles. The van der Waals surface area contributed by atoms with Gasteiger partial charge in [-0.2, -0.15) is 0 Å². The molecule has 21 heavy (non-hydrogen) atoms. The van der Waals surface area contributed by atoms with E-state index in [0.717, 1.165) is 27.8 Å². The number of halogens is 2. The van der Waals surface area contributed by atoms with E-state index >= 15 is 0 Å². The molecule has 2 unspecified atom stereocenters. The van der Waals surface area contributed by atoms with E-state index in [9.17, 15) is 4.79 Å². The minimum atomic E-state index is 0.0665. The van der Waals surface area contributed by atoms with E-state index in [-0.39, 0.29) is 17.7 Å². The zero-order chi connectivity index (χ0) is 14.8. The van der Waals surface area contributed by atoms with E-state index in [1.54, 1.807) is 11.3 Å². The van der Waals surface area contributed by atoms with Gasteiger partial charge in [0.1, 0.15) is 0 Å². The lowest BCUT2D eigenvalue weighted by Crippen LogP contribution is -2.27. The van der Waals surface area contributed by atoms with E-state index < -0.39 is 0 Å². The molecule has 0 radical (unpaired) electrons. The third kappa shape index (κ3) is 3.60. The summed E-state index contributed by atoms with van der Waals surface area (Å²) in [4.78, 5) is 13.3. The summed E-state index contributed by atoms with van der Waals surface area (Å²) in [5.74, 6) is 0.467. The second-order valence-corrected chi connectivity index (χ2v) is 7.42. The maximum absolute atomic E-state index is 12.1. The first-order valence-electron chi connectivity index (χ1n) is 6.91. The summed E-state index contributed by atoms with van der Waals surface area (Å²) in [5, 5.41) is 3.76. The highest BCUT2D eigenvalue weighted by Crippen LogP contribution is 2.49. The zero-order valence-corrected chi connectivity index (χ0v) is 13.6. The van der Waals surface area contributed by atoms with E-state index in [2.05, 4.69) is 5.32 Å². The van der Waals surface area contributed by atoms with Crippen molar-refractivity contribution in [3.05, 3.63) is 56.2 Å². The molecule has 1 heterocycles.